The lowest BCUT2D eigenvalue weighted by atomic mass is 10.0. The summed E-state index contributed by atoms with van der Waals surface area (Å²) in [6.45, 7) is 6.48. The third-order valence-electron chi connectivity index (χ3n) is 6.23. The number of hydrogen-bond donors (Lipinski definition) is 1. The molecule has 1 N–H and O–H groups in total. The topological polar surface area (TPSA) is 103 Å². The van der Waals surface area contributed by atoms with E-state index in [9.17, 15) is 4.79 Å². The van der Waals surface area contributed by atoms with Gasteiger partial charge in [0.05, 0.1) is 0 Å². The van der Waals surface area contributed by atoms with Gasteiger partial charge in [-0.25, -0.2) is 0 Å². The third-order valence-corrected chi connectivity index (χ3v) is 6.23. The number of rotatable bonds is 9. The molecule has 0 saturated heterocycles. The van der Waals surface area contributed by atoms with Gasteiger partial charge in [-0.1, -0.05) is 78.8 Å². The Morgan fingerprint density at radius 2 is 1.63 bits per heavy atom. The molecular weight excluding hydrogens is 480 g/mol. The highest BCUT2D eigenvalue weighted by molar-refractivity contribution is 5.93. The number of carbonyl (C=O) groups excluding carboxylic acids is 1. The highest BCUT2D eigenvalue weighted by Gasteiger charge is 2.26. The molecule has 5 rings (SSSR count). The summed E-state index contributed by atoms with van der Waals surface area (Å²) in [5, 5.41) is 11.0. The second kappa shape index (κ2) is 11.1. The van der Waals surface area contributed by atoms with Gasteiger partial charge in [0.2, 0.25) is 11.7 Å². The van der Waals surface area contributed by atoms with Crippen LogP contribution in [-0.4, -0.2) is 21.2 Å². The number of amides is 1. The molecule has 1 amide bonds. The van der Waals surface area contributed by atoms with Crippen molar-refractivity contribution >= 4 is 5.91 Å². The van der Waals surface area contributed by atoms with Crippen molar-refractivity contribution in [1.29, 1.82) is 0 Å². The molecule has 0 spiro atoms. The molecule has 2 aromatic heterocycles. The lowest BCUT2D eigenvalue weighted by Crippen LogP contribution is -2.32. The van der Waals surface area contributed by atoms with Crippen LogP contribution in [-0.2, 0) is 6.61 Å². The van der Waals surface area contributed by atoms with Crippen LogP contribution < -0.4 is 10.1 Å². The molecule has 38 heavy (non-hydrogen) atoms. The largest absolute Gasteiger partial charge is 0.489 e. The number of carbonyl (C=O) groups is 1. The predicted octanol–water partition coefficient (Wildman–Crippen LogP) is 6.41. The van der Waals surface area contributed by atoms with Crippen molar-refractivity contribution in [2.45, 2.75) is 33.4 Å². The van der Waals surface area contributed by atoms with E-state index in [2.05, 4.69) is 39.7 Å². The molecule has 1 atom stereocenters. The highest BCUT2D eigenvalue weighted by atomic mass is 16.5. The Labute approximate surface area is 220 Å². The van der Waals surface area contributed by atoms with Gasteiger partial charge < -0.3 is 19.1 Å². The molecule has 0 aliphatic heterocycles. The monoisotopic (exact) mass is 508 g/mol. The van der Waals surface area contributed by atoms with E-state index in [1.165, 1.54) is 5.56 Å². The molecule has 8 nitrogen and oxygen atoms in total. The van der Waals surface area contributed by atoms with Crippen molar-refractivity contribution in [3.8, 4) is 28.5 Å². The van der Waals surface area contributed by atoms with E-state index in [1.54, 1.807) is 6.07 Å². The minimum Gasteiger partial charge on any atom is -0.489 e. The molecule has 1 unspecified atom stereocenters. The van der Waals surface area contributed by atoms with Crippen LogP contribution in [0.5, 0.6) is 5.75 Å². The standard InChI is InChI=1S/C30H28N4O4/c1-19(2)27(30-32-28(34-38-30)22-10-5-4-6-11-22)31-29(35)25-17-26(37-33-25)21-13-15-24(16-14-21)36-18-23-12-8-7-9-20(23)3/h4-17,19,27H,18H2,1-3H3,(H,31,35). The van der Waals surface area contributed by atoms with Gasteiger partial charge in [0.1, 0.15) is 18.4 Å². The lowest BCUT2D eigenvalue weighted by molar-refractivity contribution is 0.0904. The van der Waals surface area contributed by atoms with E-state index in [1.807, 2.05) is 80.6 Å². The highest BCUT2D eigenvalue weighted by Crippen LogP contribution is 2.26. The summed E-state index contributed by atoms with van der Waals surface area (Å²) in [6.07, 6.45) is 0. The van der Waals surface area contributed by atoms with Crippen LogP contribution in [0.2, 0.25) is 0 Å². The molecule has 0 fully saturated rings. The Balaban J connectivity index is 1.24. The van der Waals surface area contributed by atoms with Gasteiger partial charge in [-0.3, -0.25) is 4.79 Å². The summed E-state index contributed by atoms with van der Waals surface area (Å²) in [7, 11) is 0. The summed E-state index contributed by atoms with van der Waals surface area (Å²) >= 11 is 0. The Kier molecular flexibility index (Phi) is 7.31. The maximum Gasteiger partial charge on any atom is 0.274 e. The molecule has 0 radical (unpaired) electrons. The molecule has 192 valence electrons. The fraction of sp³-hybridized carbons (Fsp3) is 0.200. The molecule has 2 heterocycles. The second-order valence-corrected chi connectivity index (χ2v) is 9.33. The van der Waals surface area contributed by atoms with E-state index >= 15 is 0 Å². The van der Waals surface area contributed by atoms with Crippen molar-refractivity contribution in [3.05, 3.63) is 108 Å². The summed E-state index contributed by atoms with van der Waals surface area (Å²) in [5.74, 6) is 1.63. The van der Waals surface area contributed by atoms with Gasteiger partial charge in [0.25, 0.3) is 5.91 Å². The van der Waals surface area contributed by atoms with Crippen LogP contribution in [0.1, 0.15) is 47.4 Å². The molecule has 0 aliphatic carbocycles. The van der Waals surface area contributed by atoms with Crippen LogP contribution in [0.3, 0.4) is 0 Å². The lowest BCUT2D eigenvalue weighted by Gasteiger charge is -2.17. The summed E-state index contributed by atoms with van der Waals surface area (Å²) in [6, 6.07) is 26.2. The Hall–Kier alpha value is -4.72. The molecular formula is C30H28N4O4. The van der Waals surface area contributed by atoms with Gasteiger partial charge in [-0.2, -0.15) is 4.98 Å². The first-order valence-corrected chi connectivity index (χ1v) is 12.4. The number of benzene rings is 3. The van der Waals surface area contributed by atoms with Crippen molar-refractivity contribution in [2.75, 3.05) is 0 Å². The Morgan fingerprint density at radius 1 is 0.895 bits per heavy atom. The van der Waals surface area contributed by atoms with Crippen molar-refractivity contribution in [1.82, 2.24) is 20.6 Å². The van der Waals surface area contributed by atoms with Gasteiger partial charge in [0.15, 0.2) is 11.5 Å². The first-order valence-electron chi connectivity index (χ1n) is 12.4. The first-order chi connectivity index (χ1) is 18.5. The maximum atomic E-state index is 13.0. The van der Waals surface area contributed by atoms with E-state index in [0.29, 0.717) is 24.1 Å². The quantitative estimate of drug-likeness (QED) is 0.245. The van der Waals surface area contributed by atoms with Gasteiger partial charge >= 0.3 is 0 Å². The summed E-state index contributed by atoms with van der Waals surface area (Å²) in [4.78, 5) is 17.5. The smallest absolute Gasteiger partial charge is 0.274 e. The number of hydrogen-bond acceptors (Lipinski definition) is 7. The number of nitrogens with zero attached hydrogens (tertiary/aromatic N) is 3. The van der Waals surface area contributed by atoms with Crippen molar-refractivity contribution in [2.24, 2.45) is 5.92 Å². The van der Waals surface area contributed by atoms with E-state index in [4.69, 9.17) is 13.8 Å². The summed E-state index contributed by atoms with van der Waals surface area (Å²) in [5.41, 5.74) is 4.10. The fourth-order valence-corrected chi connectivity index (χ4v) is 3.96. The van der Waals surface area contributed by atoms with Crippen molar-refractivity contribution < 1.29 is 18.6 Å². The van der Waals surface area contributed by atoms with Crippen molar-refractivity contribution in [3.63, 3.8) is 0 Å². The predicted molar refractivity (Wildman–Crippen MR) is 142 cm³/mol. The van der Waals surface area contributed by atoms with Crippen LogP contribution in [0, 0.1) is 12.8 Å². The van der Waals surface area contributed by atoms with E-state index < -0.39 is 11.9 Å². The van der Waals surface area contributed by atoms with E-state index in [-0.39, 0.29) is 11.6 Å². The molecule has 0 aliphatic rings. The maximum absolute atomic E-state index is 13.0. The van der Waals surface area contributed by atoms with Crippen LogP contribution in [0.15, 0.2) is 94.0 Å². The minimum atomic E-state index is -0.489. The zero-order valence-corrected chi connectivity index (χ0v) is 21.4. The van der Waals surface area contributed by atoms with Crippen LogP contribution >= 0.6 is 0 Å². The van der Waals surface area contributed by atoms with Crippen LogP contribution in [0.4, 0.5) is 0 Å². The summed E-state index contributed by atoms with van der Waals surface area (Å²) < 4.78 is 16.9. The van der Waals surface area contributed by atoms with Crippen LogP contribution in [0.25, 0.3) is 22.7 Å². The third kappa shape index (κ3) is 5.64. The van der Waals surface area contributed by atoms with Gasteiger partial charge in [-0.05, 0) is 48.2 Å². The van der Waals surface area contributed by atoms with Gasteiger partial charge in [-0.15, -0.1) is 0 Å². The average molecular weight is 509 g/mol. The molecule has 0 saturated carbocycles. The second-order valence-electron chi connectivity index (χ2n) is 9.33. The first kappa shape index (κ1) is 25.0. The number of ether oxygens (including phenoxy) is 1. The SMILES string of the molecule is Cc1ccccc1COc1ccc(-c2cc(C(=O)NC(c3nc(-c4ccccc4)no3)C(C)C)no2)cc1. The number of aromatic nitrogens is 3. The normalized spacial score (nSPS) is 11.9. The zero-order chi connectivity index (χ0) is 26.5. The Bertz CT molecular complexity index is 1510. The molecule has 8 heteroatoms. The molecule has 3 aromatic carbocycles. The molecule has 0 bridgehead atoms. The minimum absolute atomic E-state index is 0.00149. The zero-order valence-electron chi connectivity index (χ0n) is 21.4. The average Bonchev–Trinajstić information content (AvgIpc) is 3.63. The fourth-order valence-electron chi connectivity index (χ4n) is 3.96. The van der Waals surface area contributed by atoms with Gasteiger partial charge in [0, 0.05) is 17.2 Å². The van der Waals surface area contributed by atoms with E-state index in [0.717, 1.165) is 22.4 Å². The number of aryl methyl sites for hydroxylation is 1. The molecule has 5 aromatic rings. The number of nitrogens with one attached hydrogen (secondary N) is 1. The Morgan fingerprint density at radius 3 is 2.37 bits per heavy atom.